The summed E-state index contributed by atoms with van der Waals surface area (Å²) in [7, 11) is 0. The Balaban J connectivity index is 2.94. The van der Waals surface area contributed by atoms with Crippen molar-refractivity contribution in [3.8, 4) is 6.07 Å². The standard InChI is InChI=1S/C21H27NO2/c1-4-6-7-8-9-20(14-17(3)21(23)24-5-2)15-18-10-12-19(16-22)13-11-18/h10-15H,4-9H2,1-3H3/b17-14+,20-15+. The highest BCUT2D eigenvalue weighted by molar-refractivity contribution is 5.88. The van der Waals surface area contributed by atoms with E-state index in [4.69, 9.17) is 10.00 Å². The summed E-state index contributed by atoms with van der Waals surface area (Å²) in [6.45, 7) is 6.17. The van der Waals surface area contributed by atoms with Crippen LogP contribution in [0.3, 0.4) is 0 Å². The topological polar surface area (TPSA) is 50.1 Å². The molecule has 0 aliphatic carbocycles. The molecule has 24 heavy (non-hydrogen) atoms. The molecule has 0 N–H and O–H groups in total. The molecule has 0 aliphatic heterocycles. The Morgan fingerprint density at radius 2 is 1.88 bits per heavy atom. The van der Waals surface area contributed by atoms with E-state index in [2.05, 4.69) is 19.1 Å². The fraction of sp³-hybridized carbons (Fsp3) is 0.429. The fourth-order valence-corrected chi connectivity index (χ4v) is 2.39. The molecule has 0 amide bonds. The van der Waals surface area contributed by atoms with E-state index in [1.807, 2.05) is 37.3 Å². The molecule has 0 fully saturated rings. The van der Waals surface area contributed by atoms with Crippen LogP contribution < -0.4 is 0 Å². The number of hydrogen-bond acceptors (Lipinski definition) is 3. The largest absolute Gasteiger partial charge is 0.463 e. The molecule has 0 bridgehead atoms. The third-order valence-corrected chi connectivity index (χ3v) is 3.71. The van der Waals surface area contributed by atoms with Gasteiger partial charge in [-0.05, 0) is 56.0 Å². The molecule has 0 spiro atoms. The van der Waals surface area contributed by atoms with Crippen molar-refractivity contribution in [2.45, 2.75) is 52.9 Å². The van der Waals surface area contributed by atoms with Crippen LogP contribution >= 0.6 is 0 Å². The lowest BCUT2D eigenvalue weighted by Gasteiger charge is -2.06. The predicted molar refractivity (Wildman–Crippen MR) is 98.3 cm³/mol. The molecule has 3 nitrogen and oxygen atoms in total. The van der Waals surface area contributed by atoms with Gasteiger partial charge in [0, 0.05) is 5.57 Å². The van der Waals surface area contributed by atoms with Gasteiger partial charge in [0.05, 0.1) is 18.2 Å². The summed E-state index contributed by atoms with van der Waals surface area (Å²) >= 11 is 0. The lowest BCUT2D eigenvalue weighted by Crippen LogP contribution is -2.05. The van der Waals surface area contributed by atoms with Crippen molar-refractivity contribution in [3.63, 3.8) is 0 Å². The second-order valence-electron chi connectivity index (χ2n) is 5.81. The molecule has 3 heteroatoms. The Morgan fingerprint density at radius 1 is 1.17 bits per heavy atom. The fourth-order valence-electron chi connectivity index (χ4n) is 2.39. The summed E-state index contributed by atoms with van der Waals surface area (Å²) < 4.78 is 5.06. The molecule has 1 aromatic carbocycles. The van der Waals surface area contributed by atoms with Crippen LogP contribution in [-0.2, 0) is 9.53 Å². The Kier molecular flexibility index (Phi) is 9.23. The zero-order valence-electron chi connectivity index (χ0n) is 15.0. The van der Waals surface area contributed by atoms with Gasteiger partial charge in [-0.15, -0.1) is 0 Å². The number of carbonyl (C=O) groups is 1. The highest BCUT2D eigenvalue weighted by Crippen LogP contribution is 2.18. The van der Waals surface area contributed by atoms with E-state index in [0.29, 0.717) is 17.7 Å². The van der Waals surface area contributed by atoms with Crippen molar-refractivity contribution in [2.24, 2.45) is 0 Å². The third kappa shape index (κ3) is 7.28. The molecule has 128 valence electrons. The second-order valence-corrected chi connectivity index (χ2v) is 5.81. The molecule has 1 aromatic rings. The maximum atomic E-state index is 11.8. The van der Waals surface area contributed by atoms with E-state index in [-0.39, 0.29) is 5.97 Å². The Bertz CT molecular complexity index is 618. The van der Waals surface area contributed by atoms with Gasteiger partial charge in [-0.1, -0.05) is 44.4 Å². The minimum atomic E-state index is -0.267. The average Bonchev–Trinajstić information content (AvgIpc) is 2.59. The summed E-state index contributed by atoms with van der Waals surface area (Å²) in [5.74, 6) is -0.267. The van der Waals surface area contributed by atoms with Gasteiger partial charge in [0.15, 0.2) is 0 Å². The number of ether oxygens (including phenoxy) is 1. The maximum absolute atomic E-state index is 11.8. The number of esters is 1. The van der Waals surface area contributed by atoms with Gasteiger partial charge in [-0.2, -0.15) is 5.26 Å². The van der Waals surface area contributed by atoms with Crippen LogP contribution in [0.25, 0.3) is 6.08 Å². The minimum Gasteiger partial charge on any atom is -0.463 e. The molecular weight excluding hydrogens is 298 g/mol. The molecule has 0 aromatic heterocycles. The molecule has 0 radical (unpaired) electrons. The highest BCUT2D eigenvalue weighted by Gasteiger charge is 2.06. The van der Waals surface area contributed by atoms with Crippen molar-refractivity contribution in [1.82, 2.24) is 0 Å². The molecule has 0 atom stereocenters. The van der Waals surface area contributed by atoms with Crippen molar-refractivity contribution in [3.05, 3.63) is 52.6 Å². The van der Waals surface area contributed by atoms with Crippen LogP contribution in [0.4, 0.5) is 0 Å². The Hall–Kier alpha value is -2.34. The summed E-state index contributed by atoms with van der Waals surface area (Å²) in [5, 5.41) is 8.88. The first-order valence-corrected chi connectivity index (χ1v) is 8.66. The number of nitriles is 1. The number of allylic oxidation sites excluding steroid dienone is 2. The normalized spacial score (nSPS) is 11.9. The summed E-state index contributed by atoms with van der Waals surface area (Å²) in [5.41, 5.74) is 3.41. The van der Waals surface area contributed by atoms with E-state index >= 15 is 0 Å². The van der Waals surface area contributed by atoms with Crippen LogP contribution in [0.5, 0.6) is 0 Å². The van der Waals surface area contributed by atoms with Crippen molar-refractivity contribution in [2.75, 3.05) is 6.61 Å². The number of benzene rings is 1. The zero-order valence-corrected chi connectivity index (χ0v) is 15.0. The van der Waals surface area contributed by atoms with E-state index < -0.39 is 0 Å². The maximum Gasteiger partial charge on any atom is 0.333 e. The van der Waals surface area contributed by atoms with Gasteiger partial charge >= 0.3 is 5.97 Å². The Morgan fingerprint density at radius 3 is 2.46 bits per heavy atom. The van der Waals surface area contributed by atoms with Gasteiger partial charge in [-0.25, -0.2) is 4.79 Å². The van der Waals surface area contributed by atoms with Crippen LogP contribution in [0.15, 0.2) is 41.5 Å². The number of hydrogen-bond donors (Lipinski definition) is 0. The van der Waals surface area contributed by atoms with Crippen LogP contribution in [0.1, 0.15) is 64.0 Å². The predicted octanol–water partition coefficient (Wildman–Crippen LogP) is 5.42. The summed E-state index contributed by atoms with van der Waals surface area (Å²) in [6.07, 6.45) is 9.64. The zero-order chi connectivity index (χ0) is 17.8. The van der Waals surface area contributed by atoms with E-state index in [0.717, 1.165) is 24.0 Å². The van der Waals surface area contributed by atoms with Crippen LogP contribution in [0.2, 0.25) is 0 Å². The van der Waals surface area contributed by atoms with E-state index in [1.165, 1.54) is 19.3 Å². The van der Waals surface area contributed by atoms with Crippen molar-refractivity contribution < 1.29 is 9.53 Å². The van der Waals surface area contributed by atoms with Crippen molar-refractivity contribution >= 4 is 12.0 Å². The SMILES string of the molecule is CCCCCCC(=C\c1ccc(C#N)cc1)/C=C(\C)C(=O)OCC. The lowest BCUT2D eigenvalue weighted by atomic mass is 10.0. The smallest absolute Gasteiger partial charge is 0.333 e. The quantitative estimate of drug-likeness (QED) is 0.263. The van der Waals surface area contributed by atoms with Crippen LogP contribution in [0, 0.1) is 11.3 Å². The molecule has 1 rings (SSSR count). The monoisotopic (exact) mass is 325 g/mol. The molecule has 0 saturated heterocycles. The van der Waals surface area contributed by atoms with E-state index in [1.54, 1.807) is 6.92 Å². The van der Waals surface area contributed by atoms with Crippen molar-refractivity contribution in [1.29, 1.82) is 5.26 Å². The second kappa shape index (κ2) is 11.2. The van der Waals surface area contributed by atoms with Gasteiger partial charge in [0.2, 0.25) is 0 Å². The van der Waals surface area contributed by atoms with Gasteiger partial charge < -0.3 is 4.74 Å². The first-order valence-electron chi connectivity index (χ1n) is 8.66. The number of carbonyl (C=O) groups excluding carboxylic acids is 1. The molecule has 0 unspecified atom stereocenters. The molecule has 0 saturated carbocycles. The number of nitrogens with zero attached hydrogens (tertiary/aromatic N) is 1. The van der Waals surface area contributed by atoms with Gasteiger partial charge in [0.1, 0.15) is 0 Å². The highest BCUT2D eigenvalue weighted by atomic mass is 16.5. The lowest BCUT2D eigenvalue weighted by molar-refractivity contribution is -0.138. The number of unbranched alkanes of at least 4 members (excludes halogenated alkanes) is 3. The first kappa shape index (κ1) is 19.7. The number of rotatable bonds is 9. The van der Waals surface area contributed by atoms with Gasteiger partial charge in [0.25, 0.3) is 0 Å². The summed E-state index contributed by atoms with van der Waals surface area (Å²) in [4.78, 5) is 11.8. The summed E-state index contributed by atoms with van der Waals surface area (Å²) in [6, 6.07) is 9.60. The van der Waals surface area contributed by atoms with Crippen LogP contribution in [-0.4, -0.2) is 12.6 Å². The van der Waals surface area contributed by atoms with Gasteiger partial charge in [-0.3, -0.25) is 0 Å². The molecule has 0 aliphatic rings. The molecular formula is C21H27NO2. The minimum absolute atomic E-state index is 0.267. The third-order valence-electron chi connectivity index (χ3n) is 3.71. The average molecular weight is 325 g/mol. The van der Waals surface area contributed by atoms with E-state index in [9.17, 15) is 4.79 Å². The first-order chi connectivity index (χ1) is 11.6. The Labute approximate surface area is 145 Å². The molecule has 0 heterocycles.